The molecule has 0 saturated carbocycles. The molecule has 1 aliphatic rings. The third kappa shape index (κ3) is 4.19. The number of allylic oxidation sites excluding steroid dienone is 2. The monoisotopic (exact) mass is 444 g/mol. The summed E-state index contributed by atoms with van der Waals surface area (Å²) in [6.45, 7) is 0. The third-order valence-corrected chi connectivity index (χ3v) is 5.43. The molecule has 2 amide bonds. The number of hydrogen-bond acceptors (Lipinski definition) is 3. The Bertz CT molecular complexity index is 1140. The van der Waals surface area contributed by atoms with Crippen LogP contribution in [0.4, 0.5) is 11.4 Å². The summed E-state index contributed by atoms with van der Waals surface area (Å²) < 4.78 is 0. The van der Waals surface area contributed by atoms with Crippen molar-refractivity contribution in [2.45, 2.75) is 0 Å². The first-order valence-electron chi connectivity index (χ1n) is 9.54. The predicted octanol–water partition coefficient (Wildman–Crippen LogP) is 5.64. The zero-order valence-electron chi connectivity index (χ0n) is 16.3. The summed E-state index contributed by atoms with van der Waals surface area (Å²) in [4.78, 5) is 29.3. The van der Waals surface area contributed by atoms with Crippen LogP contribution in [0.25, 0.3) is 6.08 Å². The van der Waals surface area contributed by atoms with Gasteiger partial charge in [-0.2, -0.15) is 0 Å². The molecule has 0 N–H and O–H groups in total. The van der Waals surface area contributed by atoms with Crippen LogP contribution in [0.2, 0.25) is 5.02 Å². The minimum absolute atomic E-state index is 0.00427. The Morgan fingerprint density at radius 1 is 0.710 bits per heavy atom. The molecule has 0 bridgehead atoms. The summed E-state index contributed by atoms with van der Waals surface area (Å²) >= 11 is 11.8. The Labute approximate surface area is 190 Å². The van der Waals surface area contributed by atoms with Crippen molar-refractivity contribution < 1.29 is 9.59 Å². The lowest BCUT2D eigenvalue weighted by Gasteiger charge is -2.36. The highest BCUT2D eigenvalue weighted by atomic mass is 35.5. The van der Waals surface area contributed by atoms with Crippen molar-refractivity contribution in [3.05, 3.63) is 113 Å². The Hall–Kier alpha value is -3.54. The van der Waals surface area contributed by atoms with Crippen LogP contribution in [0.5, 0.6) is 0 Å². The van der Waals surface area contributed by atoms with Crippen molar-refractivity contribution in [3.63, 3.8) is 0 Å². The number of anilines is 2. The predicted molar refractivity (Wildman–Crippen MR) is 129 cm³/mol. The number of carbonyl (C=O) groups excluding carboxylic acids is 2. The van der Waals surface area contributed by atoms with Crippen LogP contribution in [0.3, 0.4) is 0 Å². The lowest BCUT2D eigenvalue weighted by molar-refractivity contribution is -0.120. The molecule has 0 unspecified atom stereocenters. The van der Waals surface area contributed by atoms with Gasteiger partial charge < -0.3 is 0 Å². The van der Waals surface area contributed by atoms with Gasteiger partial charge in [-0.05, 0) is 54.2 Å². The number of amides is 2. The van der Waals surface area contributed by atoms with E-state index in [4.69, 9.17) is 23.8 Å². The van der Waals surface area contributed by atoms with Crippen molar-refractivity contribution in [1.29, 1.82) is 0 Å². The van der Waals surface area contributed by atoms with Crippen molar-refractivity contribution in [3.8, 4) is 0 Å². The number of thiocarbonyl (C=S) groups is 1. The molecule has 3 aromatic carbocycles. The zero-order valence-corrected chi connectivity index (χ0v) is 17.9. The summed E-state index contributed by atoms with van der Waals surface area (Å²) in [7, 11) is 0. The van der Waals surface area contributed by atoms with Crippen LogP contribution in [0.1, 0.15) is 5.56 Å². The van der Waals surface area contributed by atoms with E-state index in [-0.39, 0.29) is 10.7 Å². The molecule has 152 valence electrons. The summed E-state index contributed by atoms with van der Waals surface area (Å²) in [5.41, 5.74) is 1.97. The van der Waals surface area contributed by atoms with Gasteiger partial charge in [0.2, 0.25) is 0 Å². The van der Waals surface area contributed by atoms with Gasteiger partial charge in [-0.25, -0.2) is 0 Å². The van der Waals surface area contributed by atoms with Gasteiger partial charge in [0.05, 0.1) is 11.4 Å². The van der Waals surface area contributed by atoms with Gasteiger partial charge in [-0.3, -0.25) is 19.4 Å². The average molecular weight is 445 g/mol. The molecule has 4 rings (SSSR count). The van der Waals surface area contributed by atoms with Crippen molar-refractivity contribution >= 4 is 58.2 Å². The van der Waals surface area contributed by atoms with E-state index in [1.165, 1.54) is 15.9 Å². The van der Waals surface area contributed by atoms with E-state index in [0.29, 0.717) is 16.4 Å². The Kier molecular flexibility index (Phi) is 6.07. The van der Waals surface area contributed by atoms with Crippen molar-refractivity contribution in [1.82, 2.24) is 0 Å². The normalized spacial score (nSPS) is 14.5. The van der Waals surface area contributed by atoms with E-state index in [2.05, 4.69) is 0 Å². The van der Waals surface area contributed by atoms with E-state index in [1.807, 2.05) is 54.6 Å². The minimum atomic E-state index is -0.475. The first kappa shape index (κ1) is 20.7. The first-order chi connectivity index (χ1) is 15.1. The number of rotatable bonds is 4. The quantitative estimate of drug-likeness (QED) is 0.297. The fraction of sp³-hybridized carbons (Fsp3) is 0. The second-order valence-electron chi connectivity index (χ2n) is 6.70. The van der Waals surface area contributed by atoms with E-state index < -0.39 is 11.8 Å². The molecule has 1 aliphatic heterocycles. The van der Waals surface area contributed by atoms with Gasteiger partial charge in [0.25, 0.3) is 11.8 Å². The molecule has 1 saturated heterocycles. The summed E-state index contributed by atoms with van der Waals surface area (Å²) in [6, 6.07) is 25.4. The maximum atomic E-state index is 13.3. The molecule has 1 fully saturated rings. The molecule has 0 aliphatic carbocycles. The second kappa shape index (κ2) is 9.08. The van der Waals surface area contributed by atoms with Crippen LogP contribution in [0, 0.1) is 0 Å². The Morgan fingerprint density at radius 2 is 1.19 bits per heavy atom. The molecule has 31 heavy (non-hydrogen) atoms. The zero-order chi connectivity index (χ0) is 21.8. The van der Waals surface area contributed by atoms with E-state index in [0.717, 1.165) is 5.56 Å². The van der Waals surface area contributed by atoms with Crippen LogP contribution in [0.15, 0.2) is 103 Å². The van der Waals surface area contributed by atoms with Crippen molar-refractivity contribution in [2.75, 3.05) is 9.80 Å². The molecule has 6 heteroatoms. The molecular formula is C25H17ClN2O2S. The third-order valence-electron chi connectivity index (χ3n) is 4.72. The topological polar surface area (TPSA) is 40.6 Å². The van der Waals surface area contributed by atoms with E-state index in [9.17, 15) is 9.59 Å². The summed E-state index contributed by atoms with van der Waals surface area (Å²) in [5.74, 6) is -0.950. The fourth-order valence-electron chi connectivity index (χ4n) is 3.22. The standard InChI is InChI=1S/C25H17ClN2O2S/c26-22-17-8-7-10-18(22)11-9-16-21-23(29)27(19-12-3-1-4-13-19)25(31)28(24(21)30)20-14-5-2-6-15-20/h1-17H/b11-9-. The molecule has 1 heterocycles. The molecule has 0 atom stereocenters. The van der Waals surface area contributed by atoms with Gasteiger partial charge in [-0.1, -0.05) is 78.4 Å². The van der Waals surface area contributed by atoms with Crippen LogP contribution >= 0.6 is 23.8 Å². The number of nitrogens with zero attached hydrogens (tertiary/aromatic N) is 2. The highest BCUT2D eigenvalue weighted by Gasteiger charge is 2.40. The van der Waals surface area contributed by atoms with Gasteiger partial charge in [0.15, 0.2) is 5.11 Å². The molecule has 4 nitrogen and oxygen atoms in total. The fourth-order valence-corrected chi connectivity index (χ4v) is 3.79. The number of hydrogen-bond donors (Lipinski definition) is 0. The first-order valence-corrected chi connectivity index (χ1v) is 10.3. The lowest BCUT2D eigenvalue weighted by Crippen LogP contribution is -2.57. The Morgan fingerprint density at radius 3 is 1.71 bits per heavy atom. The van der Waals surface area contributed by atoms with E-state index in [1.54, 1.807) is 42.5 Å². The molecule has 0 spiro atoms. The molecule has 0 radical (unpaired) electrons. The molecule has 3 aromatic rings. The largest absolute Gasteiger partial charge is 0.270 e. The van der Waals surface area contributed by atoms with Crippen LogP contribution < -0.4 is 9.80 Å². The minimum Gasteiger partial charge on any atom is -0.268 e. The number of para-hydroxylation sites is 2. The van der Waals surface area contributed by atoms with Gasteiger partial charge in [0, 0.05) is 5.02 Å². The Balaban J connectivity index is 1.78. The number of benzene rings is 3. The molecular weight excluding hydrogens is 428 g/mol. The summed E-state index contributed by atoms with van der Waals surface area (Å²) in [5, 5.41) is 0.691. The smallest absolute Gasteiger partial charge is 0.268 e. The van der Waals surface area contributed by atoms with Crippen LogP contribution in [-0.4, -0.2) is 16.9 Å². The van der Waals surface area contributed by atoms with Crippen molar-refractivity contribution in [2.24, 2.45) is 0 Å². The second-order valence-corrected chi connectivity index (χ2v) is 7.47. The van der Waals surface area contributed by atoms with Crippen LogP contribution in [-0.2, 0) is 9.59 Å². The SMILES string of the molecule is O=C1C(=C/C=C\c2ccccc2Cl)C(=O)N(c2ccccc2)C(=S)N1c1ccccc1. The van der Waals surface area contributed by atoms with E-state index >= 15 is 0 Å². The number of halogens is 1. The van der Waals surface area contributed by atoms with Gasteiger partial charge in [-0.15, -0.1) is 0 Å². The average Bonchev–Trinajstić information content (AvgIpc) is 2.79. The van der Waals surface area contributed by atoms with Gasteiger partial charge >= 0.3 is 0 Å². The molecule has 0 aromatic heterocycles. The maximum absolute atomic E-state index is 13.3. The number of carbonyl (C=O) groups is 2. The maximum Gasteiger partial charge on any atom is 0.270 e. The van der Waals surface area contributed by atoms with Gasteiger partial charge in [0.1, 0.15) is 5.57 Å². The highest BCUT2D eigenvalue weighted by molar-refractivity contribution is 7.81. The highest BCUT2D eigenvalue weighted by Crippen LogP contribution is 2.29. The summed E-state index contributed by atoms with van der Waals surface area (Å²) in [6.07, 6.45) is 4.90. The lowest BCUT2D eigenvalue weighted by atomic mass is 10.1.